The molecule has 0 aliphatic rings. The van der Waals surface area contributed by atoms with Crippen LogP contribution in [0.5, 0.6) is 0 Å². The first kappa shape index (κ1) is 15.1. The molecule has 0 bridgehead atoms. The van der Waals surface area contributed by atoms with Crippen LogP contribution in [0.4, 0.5) is 13.2 Å². The first-order valence-corrected chi connectivity index (χ1v) is 6.86. The van der Waals surface area contributed by atoms with E-state index >= 15 is 0 Å². The summed E-state index contributed by atoms with van der Waals surface area (Å²) in [5.41, 5.74) is 1.22. The normalized spacial score (nSPS) is 12.4. The highest BCUT2D eigenvalue weighted by atomic mass is 79.9. The second kappa shape index (κ2) is 6.41. The van der Waals surface area contributed by atoms with Gasteiger partial charge in [0.25, 0.3) is 0 Å². The van der Waals surface area contributed by atoms with Crippen LogP contribution < -0.4 is 5.32 Å². The third kappa shape index (κ3) is 3.41. The molecular formula is C15H13BrF3N. The Morgan fingerprint density at radius 1 is 1.05 bits per heavy atom. The van der Waals surface area contributed by atoms with Gasteiger partial charge in [-0.15, -0.1) is 0 Å². The van der Waals surface area contributed by atoms with Crippen molar-refractivity contribution >= 4 is 15.9 Å². The van der Waals surface area contributed by atoms with Crippen LogP contribution in [0.3, 0.4) is 0 Å². The van der Waals surface area contributed by atoms with Crippen LogP contribution in [-0.2, 0) is 6.42 Å². The van der Waals surface area contributed by atoms with E-state index < -0.39 is 11.6 Å². The molecule has 20 heavy (non-hydrogen) atoms. The second-order valence-corrected chi connectivity index (χ2v) is 5.30. The number of rotatable bonds is 4. The van der Waals surface area contributed by atoms with Crippen molar-refractivity contribution in [2.24, 2.45) is 0 Å². The number of benzene rings is 2. The third-order valence-electron chi connectivity index (χ3n) is 3.13. The van der Waals surface area contributed by atoms with E-state index in [0.717, 1.165) is 11.6 Å². The Kier molecular flexibility index (Phi) is 4.83. The molecular weight excluding hydrogens is 331 g/mol. The van der Waals surface area contributed by atoms with Gasteiger partial charge in [-0.2, -0.15) is 0 Å². The van der Waals surface area contributed by atoms with Gasteiger partial charge >= 0.3 is 0 Å². The van der Waals surface area contributed by atoms with Gasteiger partial charge in [-0.25, -0.2) is 13.2 Å². The summed E-state index contributed by atoms with van der Waals surface area (Å²) in [6.07, 6.45) is 0.340. The zero-order valence-electron chi connectivity index (χ0n) is 10.8. The molecule has 2 aromatic rings. The van der Waals surface area contributed by atoms with Crippen LogP contribution >= 0.6 is 15.9 Å². The molecule has 5 heteroatoms. The highest BCUT2D eigenvalue weighted by Gasteiger charge is 2.16. The zero-order valence-corrected chi connectivity index (χ0v) is 12.3. The standard InChI is InChI=1S/C15H13BrF3N/c1-20-15(12-5-4-10(17)7-13(12)16)6-9-2-3-11(18)8-14(9)19/h2-5,7-8,15,20H,6H2,1H3. The quantitative estimate of drug-likeness (QED) is 0.869. The molecule has 2 rings (SSSR count). The second-order valence-electron chi connectivity index (χ2n) is 4.45. The van der Waals surface area contributed by atoms with E-state index in [4.69, 9.17) is 0 Å². The van der Waals surface area contributed by atoms with E-state index in [9.17, 15) is 13.2 Å². The van der Waals surface area contributed by atoms with E-state index in [-0.39, 0.29) is 11.9 Å². The predicted octanol–water partition coefficient (Wildman–Crippen LogP) is 4.37. The van der Waals surface area contributed by atoms with Crippen molar-refractivity contribution < 1.29 is 13.2 Å². The molecule has 0 radical (unpaired) electrons. The Morgan fingerprint density at radius 3 is 2.30 bits per heavy atom. The minimum absolute atomic E-state index is 0.204. The summed E-state index contributed by atoms with van der Waals surface area (Å²) < 4.78 is 40.3. The Balaban J connectivity index is 2.28. The number of halogens is 4. The monoisotopic (exact) mass is 343 g/mol. The molecule has 0 fully saturated rings. The predicted molar refractivity (Wildman–Crippen MR) is 76.0 cm³/mol. The smallest absolute Gasteiger partial charge is 0.129 e. The van der Waals surface area contributed by atoms with Crippen molar-refractivity contribution in [2.75, 3.05) is 7.05 Å². The number of hydrogen-bond acceptors (Lipinski definition) is 1. The third-order valence-corrected chi connectivity index (χ3v) is 3.81. The van der Waals surface area contributed by atoms with Gasteiger partial charge in [0.2, 0.25) is 0 Å². The molecule has 0 spiro atoms. The average molecular weight is 344 g/mol. The van der Waals surface area contributed by atoms with E-state index in [0.29, 0.717) is 16.5 Å². The lowest BCUT2D eigenvalue weighted by Crippen LogP contribution is -2.20. The van der Waals surface area contributed by atoms with Crippen LogP contribution in [-0.4, -0.2) is 7.05 Å². The maximum absolute atomic E-state index is 13.7. The lowest BCUT2D eigenvalue weighted by atomic mass is 9.98. The summed E-state index contributed by atoms with van der Waals surface area (Å²) in [6.45, 7) is 0. The molecule has 0 amide bonds. The summed E-state index contributed by atoms with van der Waals surface area (Å²) in [6, 6.07) is 7.66. The van der Waals surface area contributed by atoms with Gasteiger partial charge in [0.05, 0.1) is 0 Å². The van der Waals surface area contributed by atoms with Gasteiger partial charge < -0.3 is 5.32 Å². The Morgan fingerprint density at radius 2 is 1.70 bits per heavy atom. The van der Waals surface area contributed by atoms with Gasteiger partial charge in [-0.05, 0) is 42.8 Å². The lowest BCUT2D eigenvalue weighted by Gasteiger charge is -2.18. The maximum atomic E-state index is 13.7. The molecule has 0 aliphatic carbocycles. The highest BCUT2D eigenvalue weighted by Crippen LogP contribution is 2.27. The fourth-order valence-electron chi connectivity index (χ4n) is 2.06. The van der Waals surface area contributed by atoms with Crippen molar-refractivity contribution in [3.05, 3.63) is 69.4 Å². The minimum atomic E-state index is -0.602. The molecule has 0 aliphatic heterocycles. The van der Waals surface area contributed by atoms with Crippen LogP contribution in [0.25, 0.3) is 0 Å². The molecule has 0 aromatic heterocycles. The summed E-state index contributed by atoms with van der Waals surface area (Å²) in [7, 11) is 1.74. The van der Waals surface area contributed by atoms with Gasteiger partial charge in [-0.1, -0.05) is 28.1 Å². The summed E-state index contributed by atoms with van der Waals surface area (Å²) in [4.78, 5) is 0. The number of likely N-dealkylation sites (N-methyl/N-ethyl adjacent to an activating group) is 1. The first-order valence-electron chi connectivity index (χ1n) is 6.07. The molecule has 1 nitrogen and oxygen atoms in total. The van der Waals surface area contributed by atoms with Gasteiger partial charge in [0, 0.05) is 16.6 Å². The summed E-state index contributed by atoms with van der Waals surface area (Å²) in [5, 5.41) is 3.06. The lowest BCUT2D eigenvalue weighted by molar-refractivity contribution is 0.538. The molecule has 0 saturated carbocycles. The Labute approximate surface area is 123 Å². The van der Waals surface area contributed by atoms with Crippen LogP contribution in [0.15, 0.2) is 40.9 Å². The highest BCUT2D eigenvalue weighted by molar-refractivity contribution is 9.10. The molecule has 2 aromatic carbocycles. The molecule has 0 saturated heterocycles. The summed E-state index contributed by atoms with van der Waals surface area (Å²) in [5.74, 6) is -1.53. The zero-order chi connectivity index (χ0) is 14.7. The summed E-state index contributed by atoms with van der Waals surface area (Å²) >= 11 is 3.30. The molecule has 1 unspecified atom stereocenters. The van der Waals surface area contributed by atoms with Gasteiger partial charge in [-0.3, -0.25) is 0 Å². The number of nitrogens with one attached hydrogen (secondary N) is 1. The largest absolute Gasteiger partial charge is 0.313 e. The van der Waals surface area contributed by atoms with Crippen molar-refractivity contribution in [1.82, 2.24) is 5.32 Å². The van der Waals surface area contributed by atoms with E-state index in [1.165, 1.54) is 24.3 Å². The SMILES string of the molecule is CNC(Cc1ccc(F)cc1F)c1ccc(F)cc1Br. The first-order chi connectivity index (χ1) is 9.51. The van der Waals surface area contributed by atoms with Crippen molar-refractivity contribution in [3.8, 4) is 0 Å². The maximum Gasteiger partial charge on any atom is 0.129 e. The van der Waals surface area contributed by atoms with Crippen molar-refractivity contribution in [3.63, 3.8) is 0 Å². The van der Waals surface area contributed by atoms with E-state index in [1.54, 1.807) is 13.1 Å². The molecule has 0 heterocycles. The Bertz CT molecular complexity index is 616. The fraction of sp³-hybridized carbons (Fsp3) is 0.200. The van der Waals surface area contributed by atoms with E-state index in [2.05, 4.69) is 21.2 Å². The van der Waals surface area contributed by atoms with Crippen LogP contribution in [0.1, 0.15) is 17.2 Å². The van der Waals surface area contributed by atoms with E-state index in [1.807, 2.05) is 0 Å². The fourth-order valence-corrected chi connectivity index (χ4v) is 2.69. The van der Waals surface area contributed by atoms with Gasteiger partial charge in [0.1, 0.15) is 17.5 Å². The molecule has 106 valence electrons. The number of hydrogen-bond donors (Lipinski definition) is 1. The van der Waals surface area contributed by atoms with Crippen molar-refractivity contribution in [1.29, 1.82) is 0 Å². The minimum Gasteiger partial charge on any atom is -0.313 e. The Hall–Kier alpha value is -1.33. The molecule has 1 atom stereocenters. The average Bonchev–Trinajstić information content (AvgIpc) is 2.39. The van der Waals surface area contributed by atoms with Crippen LogP contribution in [0.2, 0.25) is 0 Å². The van der Waals surface area contributed by atoms with Crippen molar-refractivity contribution in [2.45, 2.75) is 12.5 Å². The van der Waals surface area contributed by atoms with Crippen LogP contribution in [0, 0.1) is 17.5 Å². The molecule has 1 N–H and O–H groups in total. The van der Waals surface area contributed by atoms with Gasteiger partial charge in [0.15, 0.2) is 0 Å². The topological polar surface area (TPSA) is 12.0 Å².